The van der Waals surface area contributed by atoms with Crippen LogP contribution in [0.5, 0.6) is 11.5 Å². The topological polar surface area (TPSA) is 34.1 Å². The molecule has 1 heterocycles. The highest BCUT2D eigenvalue weighted by atomic mass is 16.5. The van der Waals surface area contributed by atoms with Gasteiger partial charge in [0.05, 0.1) is 18.9 Å². The van der Waals surface area contributed by atoms with Crippen molar-refractivity contribution in [3.8, 4) is 11.5 Å². The zero-order chi connectivity index (χ0) is 20.1. The smallest absolute Gasteiger partial charge is 0.127 e. The highest BCUT2D eigenvalue weighted by Gasteiger charge is 2.11. The lowest BCUT2D eigenvalue weighted by molar-refractivity contribution is 0.122. The molecule has 0 amide bonds. The Morgan fingerprint density at radius 1 is 0.862 bits per heavy atom. The van der Waals surface area contributed by atoms with Crippen molar-refractivity contribution in [3.63, 3.8) is 0 Å². The van der Waals surface area contributed by atoms with Gasteiger partial charge in [-0.05, 0) is 73.5 Å². The Bertz CT molecular complexity index is 973. The molecule has 1 aliphatic heterocycles. The van der Waals surface area contributed by atoms with Gasteiger partial charge in [0.15, 0.2) is 0 Å². The summed E-state index contributed by atoms with van der Waals surface area (Å²) in [6.45, 7) is 7.68. The van der Waals surface area contributed by atoms with E-state index >= 15 is 0 Å². The third kappa shape index (κ3) is 5.04. The lowest BCUT2D eigenvalue weighted by Crippen LogP contribution is -2.36. The van der Waals surface area contributed by atoms with E-state index in [1.165, 1.54) is 16.8 Å². The Labute approximate surface area is 172 Å². The van der Waals surface area contributed by atoms with E-state index in [0.29, 0.717) is 0 Å². The lowest BCUT2D eigenvalue weighted by atomic mass is 10.1. The van der Waals surface area contributed by atoms with Gasteiger partial charge < -0.3 is 14.4 Å². The van der Waals surface area contributed by atoms with E-state index in [0.717, 1.165) is 49.1 Å². The number of benzene rings is 3. The molecule has 0 atom stereocenters. The molecule has 0 bridgehead atoms. The monoisotopic (exact) mass is 386 g/mol. The first-order chi connectivity index (χ1) is 14.2. The quantitative estimate of drug-likeness (QED) is 0.529. The normalized spacial score (nSPS) is 14.3. The van der Waals surface area contributed by atoms with Crippen LogP contribution < -0.4 is 9.64 Å². The van der Waals surface area contributed by atoms with Crippen molar-refractivity contribution in [2.45, 2.75) is 13.8 Å². The minimum atomic E-state index is 0.798. The van der Waals surface area contributed by atoms with E-state index in [2.05, 4.69) is 41.9 Å². The van der Waals surface area contributed by atoms with Crippen LogP contribution in [0, 0.1) is 13.8 Å². The molecule has 0 aliphatic carbocycles. The number of aryl methyl sites for hydroxylation is 2. The Morgan fingerprint density at radius 2 is 1.52 bits per heavy atom. The first-order valence-corrected chi connectivity index (χ1v) is 9.99. The maximum absolute atomic E-state index is 5.88. The van der Waals surface area contributed by atoms with Gasteiger partial charge in [-0.15, -0.1) is 0 Å². The molecule has 0 radical (unpaired) electrons. The SMILES string of the molecule is Cc1ccc(Oc2ccc(N=Cc3ccc(N4CCOCC4)cc3C)cc2)cc1. The fraction of sp³-hybridized carbons (Fsp3) is 0.240. The van der Waals surface area contributed by atoms with E-state index in [1.54, 1.807) is 0 Å². The Morgan fingerprint density at radius 3 is 2.17 bits per heavy atom. The Balaban J connectivity index is 1.41. The zero-order valence-electron chi connectivity index (χ0n) is 17.0. The van der Waals surface area contributed by atoms with Gasteiger partial charge in [-0.1, -0.05) is 23.8 Å². The summed E-state index contributed by atoms with van der Waals surface area (Å²) in [5, 5.41) is 0. The predicted octanol–water partition coefficient (Wildman–Crippen LogP) is 5.68. The molecule has 3 aromatic carbocycles. The molecule has 1 fully saturated rings. The van der Waals surface area contributed by atoms with E-state index in [4.69, 9.17) is 9.47 Å². The highest BCUT2D eigenvalue weighted by molar-refractivity contribution is 5.84. The van der Waals surface area contributed by atoms with Crippen LogP contribution in [0.3, 0.4) is 0 Å². The molecule has 4 heteroatoms. The summed E-state index contributed by atoms with van der Waals surface area (Å²) in [6, 6.07) is 22.4. The summed E-state index contributed by atoms with van der Waals surface area (Å²) >= 11 is 0. The van der Waals surface area contributed by atoms with Gasteiger partial charge in [0, 0.05) is 25.0 Å². The summed E-state index contributed by atoms with van der Waals surface area (Å²) in [7, 11) is 0. The maximum atomic E-state index is 5.88. The Kier molecular flexibility index (Phi) is 5.92. The van der Waals surface area contributed by atoms with Crippen molar-refractivity contribution in [2.24, 2.45) is 4.99 Å². The van der Waals surface area contributed by atoms with Crippen LogP contribution >= 0.6 is 0 Å². The fourth-order valence-corrected chi connectivity index (χ4v) is 3.31. The average molecular weight is 386 g/mol. The van der Waals surface area contributed by atoms with Crippen LogP contribution in [-0.4, -0.2) is 32.5 Å². The van der Waals surface area contributed by atoms with Gasteiger partial charge >= 0.3 is 0 Å². The van der Waals surface area contributed by atoms with E-state index < -0.39 is 0 Å². The second-order valence-corrected chi connectivity index (χ2v) is 7.31. The van der Waals surface area contributed by atoms with Gasteiger partial charge in [0.25, 0.3) is 0 Å². The van der Waals surface area contributed by atoms with Gasteiger partial charge in [0.2, 0.25) is 0 Å². The summed E-state index contributed by atoms with van der Waals surface area (Å²) in [5.41, 5.74) is 5.72. The molecule has 0 unspecified atom stereocenters. The number of nitrogens with zero attached hydrogens (tertiary/aromatic N) is 2. The first-order valence-electron chi connectivity index (χ1n) is 9.99. The second-order valence-electron chi connectivity index (χ2n) is 7.31. The van der Waals surface area contributed by atoms with Crippen LogP contribution in [0.1, 0.15) is 16.7 Å². The number of ether oxygens (including phenoxy) is 2. The number of aliphatic imine (C=N–C) groups is 1. The van der Waals surface area contributed by atoms with Gasteiger partial charge in [-0.2, -0.15) is 0 Å². The molecular formula is C25H26N2O2. The van der Waals surface area contributed by atoms with Crippen LogP contribution in [-0.2, 0) is 4.74 Å². The van der Waals surface area contributed by atoms with Crippen LogP contribution in [0.2, 0.25) is 0 Å². The number of rotatable bonds is 5. The predicted molar refractivity (Wildman–Crippen MR) is 119 cm³/mol. The zero-order valence-corrected chi connectivity index (χ0v) is 17.0. The molecule has 3 aromatic rings. The average Bonchev–Trinajstić information content (AvgIpc) is 2.76. The molecular weight excluding hydrogens is 360 g/mol. The van der Waals surface area contributed by atoms with Gasteiger partial charge in [-0.25, -0.2) is 0 Å². The van der Waals surface area contributed by atoms with Gasteiger partial charge in [0.1, 0.15) is 11.5 Å². The lowest BCUT2D eigenvalue weighted by Gasteiger charge is -2.29. The third-order valence-electron chi connectivity index (χ3n) is 5.08. The molecule has 0 aromatic heterocycles. The standard InChI is InChI=1S/C25H26N2O2/c1-19-3-9-24(10-4-19)29-25-11-6-22(7-12-25)26-18-21-5-8-23(17-20(21)2)27-13-15-28-16-14-27/h3-12,17-18H,13-16H2,1-2H3. The molecule has 4 rings (SSSR count). The second kappa shape index (κ2) is 8.93. The molecule has 4 nitrogen and oxygen atoms in total. The summed E-state index contributed by atoms with van der Waals surface area (Å²) in [5.74, 6) is 1.64. The van der Waals surface area contributed by atoms with Crippen molar-refractivity contribution in [2.75, 3.05) is 31.2 Å². The molecule has 0 saturated carbocycles. The van der Waals surface area contributed by atoms with Gasteiger partial charge in [-0.3, -0.25) is 4.99 Å². The van der Waals surface area contributed by atoms with Crippen LogP contribution in [0.15, 0.2) is 71.7 Å². The molecule has 0 N–H and O–H groups in total. The van der Waals surface area contributed by atoms with E-state index in [9.17, 15) is 0 Å². The van der Waals surface area contributed by atoms with Crippen molar-refractivity contribution >= 4 is 17.6 Å². The molecule has 29 heavy (non-hydrogen) atoms. The van der Waals surface area contributed by atoms with Crippen LogP contribution in [0.25, 0.3) is 0 Å². The number of hydrogen-bond acceptors (Lipinski definition) is 4. The number of morpholine rings is 1. The maximum Gasteiger partial charge on any atom is 0.127 e. The fourth-order valence-electron chi connectivity index (χ4n) is 3.31. The Hall–Kier alpha value is -3.11. The first kappa shape index (κ1) is 19.2. The summed E-state index contributed by atoms with van der Waals surface area (Å²) in [6.07, 6.45) is 1.92. The highest BCUT2D eigenvalue weighted by Crippen LogP contribution is 2.25. The van der Waals surface area contributed by atoms with Crippen molar-refractivity contribution in [3.05, 3.63) is 83.4 Å². The van der Waals surface area contributed by atoms with Crippen LogP contribution in [0.4, 0.5) is 11.4 Å². The molecule has 148 valence electrons. The van der Waals surface area contributed by atoms with E-state index in [-0.39, 0.29) is 0 Å². The molecule has 1 saturated heterocycles. The van der Waals surface area contributed by atoms with Crippen molar-refractivity contribution in [1.29, 1.82) is 0 Å². The summed E-state index contributed by atoms with van der Waals surface area (Å²) in [4.78, 5) is 6.99. The largest absolute Gasteiger partial charge is 0.457 e. The number of hydrogen-bond donors (Lipinski definition) is 0. The minimum absolute atomic E-state index is 0.798. The number of anilines is 1. The van der Waals surface area contributed by atoms with Crippen molar-refractivity contribution < 1.29 is 9.47 Å². The van der Waals surface area contributed by atoms with Crippen molar-refractivity contribution in [1.82, 2.24) is 0 Å². The molecule has 0 spiro atoms. The summed E-state index contributed by atoms with van der Waals surface area (Å²) < 4.78 is 11.3. The molecule has 1 aliphatic rings. The third-order valence-corrected chi connectivity index (χ3v) is 5.08. The minimum Gasteiger partial charge on any atom is -0.457 e. The van der Waals surface area contributed by atoms with E-state index in [1.807, 2.05) is 54.7 Å².